The van der Waals surface area contributed by atoms with E-state index in [1.54, 1.807) is 4.68 Å². The van der Waals surface area contributed by atoms with E-state index in [0.29, 0.717) is 11.7 Å². The normalized spacial score (nSPS) is 12.1. The molecule has 2 heterocycles. The Morgan fingerprint density at radius 2 is 2.04 bits per heavy atom. The number of aryl methyl sites for hydroxylation is 2. The van der Waals surface area contributed by atoms with Gasteiger partial charge in [0.15, 0.2) is 5.13 Å². The summed E-state index contributed by atoms with van der Waals surface area (Å²) in [5, 5.41) is 7.84. The average molecular weight is 355 g/mol. The molecule has 0 radical (unpaired) electrons. The zero-order valence-corrected chi connectivity index (χ0v) is 15.4. The van der Waals surface area contributed by atoms with Crippen molar-refractivity contribution in [2.45, 2.75) is 33.7 Å². The van der Waals surface area contributed by atoms with E-state index in [4.69, 9.17) is 0 Å². The number of nitrogens with zero attached hydrogens (tertiary/aromatic N) is 4. The molecular formula is C18H21N5OS. The zero-order valence-electron chi connectivity index (χ0n) is 14.6. The highest BCUT2D eigenvalue weighted by Crippen LogP contribution is 2.21. The Labute approximate surface area is 150 Å². The van der Waals surface area contributed by atoms with Crippen molar-refractivity contribution in [1.29, 1.82) is 0 Å². The molecule has 6 nitrogen and oxygen atoms in total. The molecule has 1 amide bonds. The number of carbonyl (C=O) groups is 1. The van der Waals surface area contributed by atoms with E-state index in [1.165, 1.54) is 16.9 Å². The highest BCUT2D eigenvalue weighted by Gasteiger charge is 2.17. The first kappa shape index (κ1) is 17.3. The van der Waals surface area contributed by atoms with E-state index >= 15 is 0 Å². The summed E-state index contributed by atoms with van der Waals surface area (Å²) in [7, 11) is 0. The van der Waals surface area contributed by atoms with Crippen LogP contribution in [0.3, 0.4) is 0 Å². The van der Waals surface area contributed by atoms with E-state index in [1.807, 2.05) is 45.2 Å². The molecule has 1 atom stereocenters. The zero-order chi connectivity index (χ0) is 17.8. The summed E-state index contributed by atoms with van der Waals surface area (Å²) in [5.41, 5.74) is 1.23. The number of hydrogen-bond acceptors (Lipinski definition) is 5. The molecule has 25 heavy (non-hydrogen) atoms. The van der Waals surface area contributed by atoms with Gasteiger partial charge in [-0.25, -0.2) is 14.6 Å². The molecule has 0 fully saturated rings. The van der Waals surface area contributed by atoms with Gasteiger partial charge in [-0.1, -0.05) is 37.3 Å². The summed E-state index contributed by atoms with van der Waals surface area (Å²) in [6.45, 7) is 6.12. The second-order valence-corrected chi connectivity index (χ2v) is 7.19. The van der Waals surface area contributed by atoms with Gasteiger partial charge in [-0.15, -0.1) is 11.3 Å². The molecule has 0 aliphatic carbocycles. The fourth-order valence-electron chi connectivity index (χ4n) is 2.55. The maximum Gasteiger partial charge on any atom is 0.230 e. The molecule has 0 saturated carbocycles. The Bertz CT molecular complexity index is 855. The molecule has 1 aromatic carbocycles. The molecular weight excluding hydrogens is 334 g/mol. The number of carbonyl (C=O) groups excluding carboxylic acids is 1. The third kappa shape index (κ3) is 4.51. The molecule has 0 bridgehead atoms. The first-order chi connectivity index (χ1) is 12.0. The molecule has 0 spiro atoms. The summed E-state index contributed by atoms with van der Waals surface area (Å²) in [6, 6.07) is 10.2. The average Bonchev–Trinajstić information content (AvgIpc) is 3.14. The number of anilines is 1. The molecule has 130 valence electrons. The van der Waals surface area contributed by atoms with E-state index in [0.717, 1.165) is 22.9 Å². The van der Waals surface area contributed by atoms with Gasteiger partial charge in [0.2, 0.25) is 5.91 Å². The second kappa shape index (κ2) is 7.57. The van der Waals surface area contributed by atoms with Gasteiger partial charge in [0.25, 0.3) is 0 Å². The number of hydrogen-bond donors (Lipinski definition) is 1. The highest BCUT2D eigenvalue weighted by molar-refractivity contribution is 7.15. The van der Waals surface area contributed by atoms with Crippen molar-refractivity contribution in [1.82, 2.24) is 19.7 Å². The van der Waals surface area contributed by atoms with Crippen molar-refractivity contribution in [3.63, 3.8) is 0 Å². The summed E-state index contributed by atoms with van der Waals surface area (Å²) in [4.78, 5) is 22.1. The summed E-state index contributed by atoms with van der Waals surface area (Å²) >= 11 is 1.51. The smallest absolute Gasteiger partial charge is 0.230 e. The molecule has 0 aliphatic heterocycles. The molecule has 3 aromatic rings. The number of nitrogens with one attached hydrogen (secondary N) is 1. The van der Waals surface area contributed by atoms with Gasteiger partial charge in [-0.05, 0) is 19.4 Å². The van der Waals surface area contributed by atoms with Crippen LogP contribution in [0.2, 0.25) is 0 Å². The van der Waals surface area contributed by atoms with Crippen LogP contribution in [0.25, 0.3) is 0 Å². The quantitative estimate of drug-likeness (QED) is 0.737. The van der Waals surface area contributed by atoms with Crippen molar-refractivity contribution in [3.05, 3.63) is 58.6 Å². The van der Waals surface area contributed by atoms with Gasteiger partial charge in [-0.3, -0.25) is 4.79 Å². The summed E-state index contributed by atoms with van der Waals surface area (Å²) < 4.78 is 1.77. The fraction of sp³-hybridized carbons (Fsp3) is 0.333. The van der Waals surface area contributed by atoms with Crippen molar-refractivity contribution in [2.75, 3.05) is 5.32 Å². The lowest BCUT2D eigenvalue weighted by Gasteiger charge is -2.11. The van der Waals surface area contributed by atoms with Crippen LogP contribution in [0, 0.1) is 19.8 Å². The standard InChI is InChI=1S/C18H21N5OS/c1-12(11-23-14(3)20-13(2)22-23)17(24)21-18-19-10-16(25-18)9-15-7-5-4-6-8-15/h4-8,10,12H,9,11H2,1-3H3,(H,19,21,24). The predicted octanol–water partition coefficient (Wildman–Crippen LogP) is 3.22. The fourth-order valence-corrected chi connectivity index (χ4v) is 3.40. The van der Waals surface area contributed by atoms with Crippen LogP contribution < -0.4 is 5.32 Å². The topological polar surface area (TPSA) is 72.7 Å². The van der Waals surface area contributed by atoms with Crippen LogP contribution in [0.5, 0.6) is 0 Å². The molecule has 7 heteroatoms. The number of thiazole rings is 1. The number of aromatic nitrogens is 4. The minimum Gasteiger partial charge on any atom is -0.302 e. The molecule has 3 rings (SSSR count). The predicted molar refractivity (Wildman–Crippen MR) is 98.7 cm³/mol. The molecule has 0 saturated heterocycles. The van der Waals surface area contributed by atoms with Crippen molar-refractivity contribution in [2.24, 2.45) is 5.92 Å². The molecule has 1 unspecified atom stereocenters. The first-order valence-corrected chi connectivity index (χ1v) is 9.00. The van der Waals surface area contributed by atoms with Gasteiger partial charge in [-0.2, -0.15) is 5.10 Å². The lowest BCUT2D eigenvalue weighted by atomic mass is 10.1. The summed E-state index contributed by atoms with van der Waals surface area (Å²) in [5.74, 6) is 1.25. The third-order valence-electron chi connectivity index (χ3n) is 3.86. The van der Waals surface area contributed by atoms with Crippen molar-refractivity contribution >= 4 is 22.4 Å². The first-order valence-electron chi connectivity index (χ1n) is 8.19. The lowest BCUT2D eigenvalue weighted by molar-refractivity contribution is -0.119. The van der Waals surface area contributed by atoms with E-state index in [2.05, 4.69) is 32.5 Å². The van der Waals surface area contributed by atoms with Crippen LogP contribution in [0.15, 0.2) is 36.5 Å². The number of benzene rings is 1. The van der Waals surface area contributed by atoms with Gasteiger partial charge in [0.1, 0.15) is 11.6 Å². The maximum absolute atomic E-state index is 12.4. The van der Waals surface area contributed by atoms with Crippen LogP contribution in [-0.2, 0) is 17.8 Å². The van der Waals surface area contributed by atoms with Gasteiger partial charge in [0.05, 0.1) is 12.5 Å². The Balaban J connectivity index is 1.58. The molecule has 0 aliphatic rings. The number of rotatable bonds is 6. The minimum atomic E-state index is -0.221. The van der Waals surface area contributed by atoms with E-state index in [-0.39, 0.29) is 11.8 Å². The van der Waals surface area contributed by atoms with Crippen LogP contribution in [0.4, 0.5) is 5.13 Å². The van der Waals surface area contributed by atoms with Crippen LogP contribution in [-0.4, -0.2) is 25.7 Å². The molecule has 1 N–H and O–H groups in total. The van der Waals surface area contributed by atoms with Crippen LogP contribution in [0.1, 0.15) is 29.0 Å². The van der Waals surface area contributed by atoms with Gasteiger partial charge in [0, 0.05) is 17.5 Å². The monoisotopic (exact) mass is 355 g/mol. The van der Waals surface area contributed by atoms with Gasteiger partial charge >= 0.3 is 0 Å². The molecule has 2 aromatic heterocycles. The van der Waals surface area contributed by atoms with Crippen molar-refractivity contribution < 1.29 is 4.79 Å². The van der Waals surface area contributed by atoms with Crippen molar-refractivity contribution in [3.8, 4) is 0 Å². The van der Waals surface area contributed by atoms with E-state index in [9.17, 15) is 4.79 Å². The summed E-state index contributed by atoms with van der Waals surface area (Å²) in [6.07, 6.45) is 2.64. The lowest BCUT2D eigenvalue weighted by Crippen LogP contribution is -2.25. The Morgan fingerprint density at radius 3 is 2.72 bits per heavy atom. The second-order valence-electron chi connectivity index (χ2n) is 6.07. The maximum atomic E-state index is 12.4. The van der Waals surface area contributed by atoms with E-state index < -0.39 is 0 Å². The van der Waals surface area contributed by atoms with Gasteiger partial charge < -0.3 is 5.32 Å². The minimum absolute atomic E-state index is 0.0619. The Morgan fingerprint density at radius 1 is 1.28 bits per heavy atom. The SMILES string of the molecule is Cc1nc(C)n(CC(C)C(=O)Nc2ncc(Cc3ccccc3)s2)n1. The Kier molecular flexibility index (Phi) is 5.23. The number of amides is 1. The largest absolute Gasteiger partial charge is 0.302 e. The third-order valence-corrected chi connectivity index (χ3v) is 4.77. The Hall–Kier alpha value is -2.54. The highest BCUT2D eigenvalue weighted by atomic mass is 32.1. The van der Waals surface area contributed by atoms with Crippen LogP contribution >= 0.6 is 11.3 Å².